The first-order valence-corrected chi connectivity index (χ1v) is 8.98. The maximum Gasteiger partial charge on any atom is 0.240 e. The van der Waals surface area contributed by atoms with Gasteiger partial charge in [-0.1, -0.05) is 30.3 Å². The maximum atomic E-state index is 12.5. The molecule has 1 aliphatic rings. The van der Waals surface area contributed by atoms with E-state index in [9.17, 15) is 8.42 Å². The van der Waals surface area contributed by atoms with Gasteiger partial charge in [0.15, 0.2) is 11.5 Å². The predicted octanol–water partition coefficient (Wildman–Crippen LogP) is 2.29. The van der Waals surface area contributed by atoms with Crippen molar-refractivity contribution in [2.75, 3.05) is 19.8 Å². The lowest BCUT2D eigenvalue weighted by atomic mass is 10.2. The van der Waals surface area contributed by atoms with Crippen molar-refractivity contribution in [3.8, 4) is 11.5 Å². The molecular weight excluding hydrogens is 314 g/mol. The summed E-state index contributed by atoms with van der Waals surface area (Å²) in [5.41, 5.74) is 1.73. The second-order valence-electron chi connectivity index (χ2n) is 5.39. The Morgan fingerprint density at radius 2 is 1.70 bits per heavy atom. The summed E-state index contributed by atoms with van der Waals surface area (Å²) >= 11 is 0. The van der Waals surface area contributed by atoms with Crippen molar-refractivity contribution in [1.82, 2.24) is 4.72 Å². The van der Waals surface area contributed by atoms with Gasteiger partial charge >= 0.3 is 0 Å². The van der Waals surface area contributed by atoms with Crippen LogP contribution >= 0.6 is 0 Å². The first-order chi connectivity index (χ1) is 11.1. The van der Waals surface area contributed by atoms with Gasteiger partial charge in [-0.05, 0) is 30.5 Å². The van der Waals surface area contributed by atoms with Gasteiger partial charge in [0.25, 0.3) is 0 Å². The summed E-state index contributed by atoms with van der Waals surface area (Å²) in [5, 5.41) is 0. The molecule has 0 aliphatic carbocycles. The molecule has 23 heavy (non-hydrogen) atoms. The Labute approximate surface area is 136 Å². The van der Waals surface area contributed by atoms with E-state index in [2.05, 4.69) is 4.72 Å². The summed E-state index contributed by atoms with van der Waals surface area (Å²) < 4.78 is 38.6. The molecule has 6 heteroatoms. The van der Waals surface area contributed by atoms with E-state index in [1.165, 1.54) is 6.07 Å². The lowest BCUT2D eigenvalue weighted by molar-refractivity contribution is 0.171. The second kappa shape index (κ2) is 6.60. The van der Waals surface area contributed by atoms with Crippen LogP contribution in [-0.4, -0.2) is 28.2 Å². The Kier molecular flexibility index (Phi) is 4.54. The van der Waals surface area contributed by atoms with E-state index >= 15 is 0 Å². The van der Waals surface area contributed by atoms with E-state index in [0.29, 0.717) is 43.2 Å². The van der Waals surface area contributed by atoms with Crippen LogP contribution in [0.5, 0.6) is 11.5 Å². The zero-order valence-corrected chi connectivity index (χ0v) is 13.7. The lowest BCUT2D eigenvalue weighted by Gasteiger charge is -2.20. The van der Waals surface area contributed by atoms with E-state index < -0.39 is 10.0 Å². The van der Waals surface area contributed by atoms with Crippen LogP contribution in [0.2, 0.25) is 0 Å². The lowest BCUT2D eigenvalue weighted by Crippen LogP contribution is -2.27. The quantitative estimate of drug-likeness (QED) is 0.912. The Hall–Kier alpha value is -2.05. The first-order valence-electron chi connectivity index (χ1n) is 7.50. The van der Waals surface area contributed by atoms with Crippen molar-refractivity contribution in [3.63, 3.8) is 0 Å². The van der Waals surface area contributed by atoms with E-state index in [-0.39, 0.29) is 4.90 Å². The molecule has 0 radical (unpaired) electrons. The zero-order chi connectivity index (χ0) is 16.3. The topological polar surface area (TPSA) is 64.6 Å². The number of sulfonamides is 1. The van der Waals surface area contributed by atoms with Crippen molar-refractivity contribution < 1.29 is 17.9 Å². The summed E-state index contributed by atoms with van der Waals surface area (Å²) in [6, 6.07) is 13.0. The molecule has 1 aliphatic heterocycles. The fraction of sp³-hybridized carbons (Fsp3) is 0.294. The molecule has 3 rings (SSSR count). The summed E-state index contributed by atoms with van der Waals surface area (Å²) in [4.78, 5) is 0.231. The molecule has 2 aromatic carbocycles. The normalized spacial score (nSPS) is 13.8. The first kappa shape index (κ1) is 15.8. The second-order valence-corrected chi connectivity index (χ2v) is 7.13. The highest BCUT2D eigenvalue weighted by Crippen LogP contribution is 2.34. The molecule has 0 saturated heterocycles. The standard InChI is InChI=1S/C17H19NO4S/c1-13-11-15-16(22-10-9-21-15)12-17(13)23(19,20)18-8-7-14-5-3-2-4-6-14/h2-6,11-12,18H,7-10H2,1H3. The molecule has 122 valence electrons. The summed E-state index contributed by atoms with van der Waals surface area (Å²) in [6.45, 7) is 3.01. The van der Waals surface area contributed by atoms with Gasteiger partial charge in [-0.2, -0.15) is 0 Å². The third kappa shape index (κ3) is 3.65. The minimum atomic E-state index is -3.58. The number of ether oxygens (including phenoxy) is 2. The minimum Gasteiger partial charge on any atom is -0.486 e. The third-order valence-corrected chi connectivity index (χ3v) is 5.28. The number of aryl methyl sites for hydroxylation is 1. The van der Waals surface area contributed by atoms with Crippen LogP contribution in [0, 0.1) is 6.92 Å². The van der Waals surface area contributed by atoms with Crippen LogP contribution in [0.3, 0.4) is 0 Å². The average Bonchev–Trinajstić information content (AvgIpc) is 2.55. The number of hydrogen-bond donors (Lipinski definition) is 1. The monoisotopic (exact) mass is 333 g/mol. The molecular formula is C17H19NO4S. The molecule has 0 saturated carbocycles. The highest BCUT2D eigenvalue weighted by atomic mass is 32.2. The predicted molar refractivity (Wildman–Crippen MR) is 87.5 cm³/mol. The summed E-state index contributed by atoms with van der Waals surface area (Å²) in [6.07, 6.45) is 0.643. The Morgan fingerprint density at radius 3 is 2.39 bits per heavy atom. The van der Waals surface area contributed by atoms with Crippen molar-refractivity contribution in [2.24, 2.45) is 0 Å². The molecule has 2 aromatic rings. The highest BCUT2D eigenvalue weighted by molar-refractivity contribution is 7.89. The molecule has 0 fully saturated rings. The fourth-order valence-electron chi connectivity index (χ4n) is 2.51. The molecule has 0 amide bonds. The molecule has 0 aromatic heterocycles. The molecule has 0 atom stereocenters. The SMILES string of the molecule is Cc1cc2c(cc1S(=O)(=O)NCCc1ccccc1)OCCO2. The van der Waals surface area contributed by atoms with Gasteiger partial charge in [-0.15, -0.1) is 0 Å². The van der Waals surface area contributed by atoms with E-state index in [4.69, 9.17) is 9.47 Å². The van der Waals surface area contributed by atoms with Gasteiger partial charge in [-0.25, -0.2) is 13.1 Å². The van der Waals surface area contributed by atoms with Crippen molar-refractivity contribution in [3.05, 3.63) is 53.6 Å². The Balaban J connectivity index is 1.74. The number of hydrogen-bond acceptors (Lipinski definition) is 4. The third-order valence-electron chi connectivity index (χ3n) is 3.68. The van der Waals surface area contributed by atoms with Crippen LogP contribution < -0.4 is 14.2 Å². The van der Waals surface area contributed by atoms with Crippen LogP contribution in [-0.2, 0) is 16.4 Å². The largest absolute Gasteiger partial charge is 0.486 e. The fourth-order valence-corrected chi connectivity index (χ4v) is 3.78. The van der Waals surface area contributed by atoms with Crippen LogP contribution in [0.1, 0.15) is 11.1 Å². The molecule has 1 heterocycles. The Bertz CT molecular complexity index is 788. The summed E-state index contributed by atoms with van der Waals surface area (Å²) in [7, 11) is -3.58. The van der Waals surface area contributed by atoms with E-state index in [1.807, 2.05) is 30.3 Å². The van der Waals surface area contributed by atoms with Gasteiger partial charge in [-0.3, -0.25) is 0 Å². The average molecular weight is 333 g/mol. The van der Waals surface area contributed by atoms with E-state index in [0.717, 1.165) is 5.56 Å². The number of benzene rings is 2. The smallest absolute Gasteiger partial charge is 0.240 e. The minimum absolute atomic E-state index is 0.231. The maximum absolute atomic E-state index is 12.5. The van der Waals surface area contributed by atoms with Crippen molar-refractivity contribution in [2.45, 2.75) is 18.2 Å². The molecule has 5 nitrogen and oxygen atoms in total. The Morgan fingerprint density at radius 1 is 1.04 bits per heavy atom. The van der Waals surface area contributed by atoms with Crippen molar-refractivity contribution >= 4 is 10.0 Å². The van der Waals surface area contributed by atoms with Gasteiger partial charge in [0.05, 0.1) is 4.90 Å². The highest BCUT2D eigenvalue weighted by Gasteiger charge is 2.21. The molecule has 1 N–H and O–H groups in total. The van der Waals surface area contributed by atoms with E-state index in [1.54, 1.807) is 13.0 Å². The number of rotatable bonds is 5. The molecule has 0 spiro atoms. The van der Waals surface area contributed by atoms with Crippen LogP contribution in [0.25, 0.3) is 0 Å². The van der Waals surface area contributed by atoms with Crippen LogP contribution in [0.15, 0.2) is 47.4 Å². The number of fused-ring (bicyclic) bond motifs is 1. The molecule has 0 unspecified atom stereocenters. The van der Waals surface area contributed by atoms with Crippen LogP contribution in [0.4, 0.5) is 0 Å². The van der Waals surface area contributed by atoms with Gasteiger partial charge in [0.1, 0.15) is 13.2 Å². The zero-order valence-electron chi connectivity index (χ0n) is 12.9. The van der Waals surface area contributed by atoms with Gasteiger partial charge in [0.2, 0.25) is 10.0 Å². The number of nitrogens with one attached hydrogen (secondary N) is 1. The van der Waals surface area contributed by atoms with Gasteiger partial charge < -0.3 is 9.47 Å². The summed E-state index contributed by atoms with van der Waals surface area (Å²) in [5.74, 6) is 1.07. The van der Waals surface area contributed by atoms with Crippen molar-refractivity contribution in [1.29, 1.82) is 0 Å². The molecule has 0 bridgehead atoms. The van der Waals surface area contributed by atoms with Gasteiger partial charge in [0, 0.05) is 12.6 Å².